The van der Waals surface area contributed by atoms with Crippen LogP contribution in [0.25, 0.3) is 11.1 Å². The third-order valence-electron chi connectivity index (χ3n) is 3.22. The number of hydrogen-bond donors (Lipinski definition) is 1. The van der Waals surface area contributed by atoms with Crippen molar-refractivity contribution < 1.29 is 0 Å². The molecule has 1 N–H and O–H groups in total. The molecule has 1 heteroatoms. The maximum absolute atomic E-state index is 3.50. The van der Waals surface area contributed by atoms with Crippen molar-refractivity contribution in [1.29, 1.82) is 0 Å². The smallest absolute Gasteiger partial charge is 0.0385 e. The highest BCUT2D eigenvalue weighted by atomic mass is 14.9. The molecule has 2 aromatic rings. The van der Waals surface area contributed by atoms with Gasteiger partial charge >= 0.3 is 0 Å². The predicted molar refractivity (Wildman–Crippen MR) is 73.2 cm³/mol. The Morgan fingerprint density at radius 2 is 1.76 bits per heavy atom. The lowest BCUT2D eigenvalue weighted by Gasteiger charge is -2.10. The van der Waals surface area contributed by atoms with E-state index in [1.54, 1.807) is 0 Å². The second-order valence-electron chi connectivity index (χ2n) is 4.43. The minimum absolute atomic E-state index is 1.03. The molecule has 1 nitrogen and oxygen atoms in total. The van der Waals surface area contributed by atoms with Crippen molar-refractivity contribution in [2.75, 3.05) is 11.9 Å². The van der Waals surface area contributed by atoms with Crippen molar-refractivity contribution in [1.82, 2.24) is 0 Å². The molecule has 0 atom stereocenters. The predicted octanol–water partition coefficient (Wildman–Crippen LogP) is 4.09. The Hall–Kier alpha value is -1.76. The summed E-state index contributed by atoms with van der Waals surface area (Å²) in [7, 11) is 0. The van der Waals surface area contributed by atoms with E-state index in [-0.39, 0.29) is 0 Å². The van der Waals surface area contributed by atoms with E-state index in [1.165, 1.54) is 27.9 Å². The van der Waals surface area contributed by atoms with Crippen molar-refractivity contribution >= 4 is 5.69 Å². The summed E-state index contributed by atoms with van der Waals surface area (Å²) in [6.07, 6.45) is 3.43. The van der Waals surface area contributed by atoms with Gasteiger partial charge in [-0.3, -0.25) is 0 Å². The Kier molecular flexibility index (Phi) is 2.60. The number of benzene rings is 2. The lowest BCUT2D eigenvalue weighted by Crippen LogP contribution is -2.01. The largest absolute Gasteiger partial charge is 0.385 e. The van der Waals surface area contributed by atoms with Gasteiger partial charge in [0.25, 0.3) is 0 Å². The Morgan fingerprint density at radius 3 is 2.65 bits per heavy atom. The summed E-state index contributed by atoms with van der Waals surface area (Å²) in [6.45, 7) is 3.22. The van der Waals surface area contributed by atoms with E-state index in [1.807, 2.05) is 0 Å². The highest BCUT2D eigenvalue weighted by Crippen LogP contribution is 2.41. The van der Waals surface area contributed by atoms with Crippen molar-refractivity contribution in [2.45, 2.75) is 13.3 Å². The molecule has 0 bridgehead atoms. The Bertz CT molecular complexity index is 543. The molecule has 0 fully saturated rings. The summed E-state index contributed by atoms with van der Waals surface area (Å²) >= 11 is 0. The zero-order valence-electron chi connectivity index (χ0n) is 10.0. The molecule has 1 radical (unpaired) electrons. The number of rotatable bonds is 3. The molecule has 1 aliphatic rings. The van der Waals surface area contributed by atoms with Gasteiger partial charge in [-0.05, 0) is 34.7 Å². The van der Waals surface area contributed by atoms with Gasteiger partial charge in [-0.2, -0.15) is 0 Å². The van der Waals surface area contributed by atoms with Gasteiger partial charge in [0.1, 0.15) is 0 Å². The molecule has 1 aliphatic carbocycles. The van der Waals surface area contributed by atoms with Crippen LogP contribution in [0, 0.1) is 6.42 Å². The molecule has 0 heterocycles. The summed E-state index contributed by atoms with van der Waals surface area (Å²) in [5.74, 6) is 0. The fourth-order valence-electron chi connectivity index (χ4n) is 2.39. The van der Waals surface area contributed by atoms with Crippen molar-refractivity contribution in [3.63, 3.8) is 0 Å². The van der Waals surface area contributed by atoms with E-state index in [0.29, 0.717) is 0 Å². The first-order valence-corrected chi connectivity index (χ1v) is 6.21. The quantitative estimate of drug-likeness (QED) is 0.703. The van der Waals surface area contributed by atoms with Crippen LogP contribution in [0.2, 0.25) is 0 Å². The molecule has 0 unspecified atom stereocenters. The van der Waals surface area contributed by atoms with Crippen LogP contribution in [-0.2, 0) is 0 Å². The normalized spacial score (nSPS) is 12.1. The van der Waals surface area contributed by atoms with Gasteiger partial charge in [-0.15, -0.1) is 0 Å². The maximum atomic E-state index is 3.50. The van der Waals surface area contributed by atoms with E-state index in [0.717, 1.165) is 13.0 Å². The van der Waals surface area contributed by atoms with E-state index in [4.69, 9.17) is 0 Å². The molecule has 2 aromatic carbocycles. The fraction of sp³-hybridized carbons (Fsp3) is 0.188. The third-order valence-corrected chi connectivity index (χ3v) is 3.22. The standard InChI is InChI=1S/C16H16N/c1-2-10-17-16-9-5-8-14-13-7-4-3-6-12(13)11-15(14)16/h3-9,11,17H,2,10H2,1H3. The molecular formula is C16H16N. The minimum atomic E-state index is 1.03. The number of anilines is 1. The first kappa shape index (κ1) is 10.4. The number of nitrogens with one attached hydrogen (secondary N) is 1. The van der Waals surface area contributed by atoms with Gasteiger partial charge < -0.3 is 5.32 Å². The minimum Gasteiger partial charge on any atom is -0.385 e. The van der Waals surface area contributed by atoms with Crippen LogP contribution < -0.4 is 5.32 Å². The molecule has 0 aliphatic heterocycles. The first-order valence-electron chi connectivity index (χ1n) is 6.21. The van der Waals surface area contributed by atoms with Crippen LogP contribution in [0.15, 0.2) is 42.5 Å². The van der Waals surface area contributed by atoms with Gasteiger partial charge in [-0.1, -0.05) is 43.3 Å². The average Bonchev–Trinajstić information content (AvgIpc) is 2.75. The molecular weight excluding hydrogens is 206 g/mol. The van der Waals surface area contributed by atoms with Gasteiger partial charge in [0, 0.05) is 18.7 Å². The molecule has 85 valence electrons. The summed E-state index contributed by atoms with van der Waals surface area (Å²) < 4.78 is 0. The highest BCUT2D eigenvalue weighted by molar-refractivity contribution is 5.86. The molecule has 17 heavy (non-hydrogen) atoms. The van der Waals surface area contributed by atoms with Gasteiger partial charge in [-0.25, -0.2) is 0 Å². The lowest BCUT2D eigenvalue weighted by molar-refractivity contribution is 0.978. The lowest BCUT2D eigenvalue weighted by atomic mass is 10.1. The van der Waals surface area contributed by atoms with Crippen LogP contribution in [-0.4, -0.2) is 6.54 Å². The monoisotopic (exact) mass is 222 g/mol. The molecule has 0 spiro atoms. The van der Waals surface area contributed by atoms with E-state index < -0.39 is 0 Å². The molecule has 0 saturated heterocycles. The summed E-state index contributed by atoms with van der Waals surface area (Å²) in [4.78, 5) is 0. The van der Waals surface area contributed by atoms with Crippen molar-refractivity contribution in [3.8, 4) is 11.1 Å². The van der Waals surface area contributed by atoms with Gasteiger partial charge in [0.15, 0.2) is 0 Å². The van der Waals surface area contributed by atoms with Crippen LogP contribution >= 0.6 is 0 Å². The van der Waals surface area contributed by atoms with E-state index >= 15 is 0 Å². The molecule has 0 saturated carbocycles. The van der Waals surface area contributed by atoms with Crippen molar-refractivity contribution in [3.05, 3.63) is 60.0 Å². The Balaban J connectivity index is 2.05. The van der Waals surface area contributed by atoms with Crippen LogP contribution in [0.4, 0.5) is 5.69 Å². The third kappa shape index (κ3) is 1.72. The van der Waals surface area contributed by atoms with Crippen molar-refractivity contribution in [2.24, 2.45) is 0 Å². The van der Waals surface area contributed by atoms with Crippen LogP contribution in [0.1, 0.15) is 24.5 Å². The zero-order chi connectivity index (χ0) is 11.7. The average molecular weight is 222 g/mol. The summed E-state index contributed by atoms with van der Waals surface area (Å²) in [5.41, 5.74) is 6.61. The van der Waals surface area contributed by atoms with Gasteiger partial charge in [0.05, 0.1) is 0 Å². The second-order valence-corrected chi connectivity index (χ2v) is 4.43. The molecule has 0 amide bonds. The maximum Gasteiger partial charge on any atom is 0.0385 e. The summed E-state index contributed by atoms with van der Waals surface area (Å²) in [6, 6.07) is 15.1. The summed E-state index contributed by atoms with van der Waals surface area (Å²) in [5, 5.41) is 3.50. The Morgan fingerprint density at radius 1 is 0.941 bits per heavy atom. The zero-order valence-corrected chi connectivity index (χ0v) is 10.0. The van der Waals surface area contributed by atoms with Gasteiger partial charge in [0.2, 0.25) is 0 Å². The topological polar surface area (TPSA) is 12.0 Å². The highest BCUT2D eigenvalue weighted by Gasteiger charge is 2.20. The SMILES string of the molecule is CCCNc1cccc2c1[CH]c1ccccc1-2. The fourth-order valence-corrected chi connectivity index (χ4v) is 2.39. The van der Waals surface area contributed by atoms with E-state index in [2.05, 4.69) is 61.1 Å². The number of fused-ring (bicyclic) bond motifs is 3. The Labute approximate surface area is 102 Å². The molecule has 3 rings (SSSR count). The second kappa shape index (κ2) is 4.25. The van der Waals surface area contributed by atoms with Crippen LogP contribution in [0.5, 0.6) is 0 Å². The first-order chi connectivity index (χ1) is 8.40. The van der Waals surface area contributed by atoms with Crippen LogP contribution in [0.3, 0.4) is 0 Å². The van der Waals surface area contributed by atoms with E-state index in [9.17, 15) is 0 Å². The number of hydrogen-bond acceptors (Lipinski definition) is 1. The molecule has 0 aromatic heterocycles.